The third-order valence-electron chi connectivity index (χ3n) is 2.51. The van der Waals surface area contributed by atoms with Crippen molar-refractivity contribution in [2.75, 3.05) is 12.3 Å². The summed E-state index contributed by atoms with van der Waals surface area (Å²) in [6.45, 7) is 1.67. The molecule has 0 aliphatic heterocycles. The van der Waals surface area contributed by atoms with Crippen LogP contribution in [-0.4, -0.2) is 25.4 Å². The van der Waals surface area contributed by atoms with Crippen LogP contribution in [0.25, 0.3) is 0 Å². The molecule has 0 saturated carbocycles. The van der Waals surface area contributed by atoms with Crippen LogP contribution >= 0.6 is 0 Å². The SMILES string of the molecule is CC(CCCO)S(=O)(=O)c1ccc(N)cc1. The average molecular weight is 243 g/mol. The first-order chi connectivity index (χ1) is 7.48. The molecule has 1 aromatic rings. The van der Waals surface area contributed by atoms with Crippen molar-refractivity contribution in [1.29, 1.82) is 0 Å². The van der Waals surface area contributed by atoms with E-state index in [1.165, 1.54) is 12.1 Å². The molecule has 3 N–H and O–H groups in total. The topological polar surface area (TPSA) is 80.4 Å². The number of aliphatic hydroxyl groups excluding tert-OH is 1. The molecule has 5 heteroatoms. The van der Waals surface area contributed by atoms with Gasteiger partial charge in [0.1, 0.15) is 0 Å². The predicted molar refractivity (Wildman–Crippen MR) is 63.8 cm³/mol. The van der Waals surface area contributed by atoms with Gasteiger partial charge in [0.25, 0.3) is 0 Å². The highest BCUT2D eigenvalue weighted by molar-refractivity contribution is 7.92. The van der Waals surface area contributed by atoms with Crippen LogP contribution in [-0.2, 0) is 9.84 Å². The van der Waals surface area contributed by atoms with Gasteiger partial charge in [-0.05, 0) is 44.0 Å². The molecule has 0 aliphatic carbocycles. The summed E-state index contributed by atoms with van der Waals surface area (Å²) in [6, 6.07) is 6.18. The quantitative estimate of drug-likeness (QED) is 0.762. The molecule has 0 aliphatic rings. The van der Waals surface area contributed by atoms with E-state index >= 15 is 0 Å². The summed E-state index contributed by atoms with van der Waals surface area (Å²) in [7, 11) is -3.29. The lowest BCUT2D eigenvalue weighted by atomic mass is 10.3. The molecule has 4 nitrogen and oxygen atoms in total. The van der Waals surface area contributed by atoms with Gasteiger partial charge in [-0.2, -0.15) is 0 Å². The molecule has 0 radical (unpaired) electrons. The molecule has 0 aromatic heterocycles. The van der Waals surface area contributed by atoms with E-state index in [9.17, 15) is 8.42 Å². The standard InChI is InChI=1S/C11H17NO3S/c1-9(3-2-8-13)16(14,15)11-6-4-10(12)5-7-11/h4-7,9,13H,2-3,8,12H2,1H3. The lowest BCUT2D eigenvalue weighted by molar-refractivity contribution is 0.284. The fourth-order valence-corrected chi connectivity index (χ4v) is 2.88. The number of hydrogen-bond acceptors (Lipinski definition) is 4. The molecule has 1 unspecified atom stereocenters. The number of anilines is 1. The molecule has 0 amide bonds. The Morgan fingerprint density at radius 1 is 1.31 bits per heavy atom. The first kappa shape index (κ1) is 13.0. The van der Waals surface area contributed by atoms with E-state index in [4.69, 9.17) is 10.8 Å². The molecular formula is C11H17NO3S. The van der Waals surface area contributed by atoms with Gasteiger partial charge in [0, 0.05) is 12.3 Å². The highest BCUT2D eigenvalue weighted by Gasteiger charge is 2.22. The number of rotatable bonds is 5. The Morgan fingerprint density at radius 2 is 1.88 bits per heavy atom. The molecule has 1 rings (SSSR count). The summed E-state index contributed by atoms with van der Waals surface area (Å²) in [6.07, 6.45) is 0.957. The van der Waals surface area contributed by atoms with Crippen molar-refractivity contribution in [3.8, 4) is 0 Å². The fraction of sp³-hybridized carbons (Fsp3) is 0.455. The zero-order valence-electron chi connectivity index (χ0n) is 9.26. The van der Waals surface area contributed by atoms with Crippen molar-refractivity contribution in [2.45, 2.75) is 29.9 Å². The smallest absolute Gasteiger partial charge is 0.180 e. The Hall–Kier alpha value is -1.07. The second-order valence-electron chi connectivity index (χ2n) is 3.79. The molecular weight excluding hydrogens is 226 g/mol. The van der Waals surface area contributed by atoms with E-state index in [-0.39, 0.29) is 11.5 Å². The molecule has 0 bridgehead atoms. The van der Waals surface area contributed by atoms with Crippen LogP contribution in [0.15, 0.2) is 29.2 Å². The molecule has 16 heavy (non-hydrogen) atoms. The predicted octanol–water partition coefficient (Wildman–Crippen LogP) is 1.20. The van der Waals surface area contributed by atoms with Gasteiger partial charge in [-0.1, -0.05) is 0 Å². The molecule has 0 heterocycles. The minimum absolute atomic E-state index is 0.0155. The summed E-state index contributed by atoms with van der Waals surface area (Å²) in [5.41, 5.74) is 6.04. The third-order valence-corrected chi connectivity index (χ3v) is 4.73. The van der Waals surface area contributed by atoms with E-state index < -0.39 is 15.1 Å². The van der Waals surface area contributed by atoms with Gasteiger partial charge in [-0.3, -0.25) is 0 Å². The minimum Gasteiger partial charge on any atom is -0.399 e. The summed E-state index contributed by atoms with van der Waals surface area (Å²) in [4.78, 5) is 0.284. The Bertz CT molecular complexity index is 425. The minimum atomic E-state index is -3.29. The largest absolute Gasteiger partial charge is 0.399 e. The van der Waals surface area contributed by atoms with E-state index in [1.807, 2.05) is 0 Å². The highest BCUT2D eigenvalue weighted by atomic mass is 32.2. The number of hydrogen-bond donors (Lipinski definition) is 2. The maximum absolute atomic E-state index is 12.0. The Morgan fingerprint density at radius 3 is 2.38 bits per heavy atom. The van der Waals surface area contributed by atoms with Crippen LogP contribution in [0.2, 0.25) is 0 Å². The van der Waals surface area contributed by atoms with Gasteiger partial charge in [-0.25, -0.2) is 8.42 Å². The van der Waals surface area contributed by atoms with Crippen LogP contribution in [0.1, 0.15) is 19.8 Å². The molecule has 90 valence electrons. The summed E-state index contributed by atoms with van der Waals surface area (Å²) in [5, 5.41) is 8.19. The summed E-state index contributed by atoms with van der Waals surface area (Å²) < 4.78 is 24.1. The maximum atomic E-state index is 12.0. The number of nitrogen functional groups attached to an aromatic ring is 1. The van der Waals surface area contributed by atoms with Crippen LogP contribution < -0.4 is 5.73 Å². The first-order valence-electron chi connectivity index (χ1n) is 5.19. The second-order valence-corrected chi connectivity index (χ2v) is 6.16. The molecule has 0 saturated heterocycles. The van der Waals surface area contributed by atoms with Gasteiger partial charge in [0.2, 0.25) is 0 Å². The number of benzene rings is 1. The Labute approximate surface area is 96.0 Å². The van der Waals surface area contributed by atoms with Gasteiger partial charge in [0.15, 0.2) is 9.84 Å². The second kappa shape index (κ2) is 5.32. The van der Waals surface area contributed by atoms with Crippen molar-refractivity contribution in [2.24, 2.45) is 0 Å². The number of nitrogens with two attached hydrogens (primary N) is 1. The molecule has 1 aromatic carbocycles. The van der Waals surface area contributed by atoms with Crippen LogP contribution in [0.5, 0.6) is 0 Å². The van der Waals surface area contributed by atoms with Gasteiger partial charge in [0.05, 0.1) is 10.1 Å². The summed E-state index contributed by atoms with van der Waals surface area (Å²) in [5.74, 6) is 0. The molecule has 1 atom stereocenters. The Kier molecular flexibility index (Phi) is 4.32. The van der Waals surface area contributed by atoms with E-state index in [1.54, 1.807) is 19.1 Å². The monoisotopic (exact) mass is 243 g/mol. The van der Waals surface area contributed by atoms with Crippen molar-refractivity contribution in [3.05, 3.63) is 24.3 Å². The molecule has 0 spiro atoms. The van der Waals surface area contributed by atoms with Crippen molar-refractivity contribution < 1.29 is 13.5 Å². The highest BCUT2D eigenvalue weighted by Crippen LogP contribution is 2.20. The van der Waals surface area contributed by atoms with Gasteiger partial charge in [-0.15, -0.1) is 0 Å². The zero-order chi connectivity index (χ0) is 12.2. The van der Waals surface area contributed by atoms with Gasteiger partial charge >= 0.3 is 0 Å². The number of sulfone groups is 1. The van der Waals surface area contributed by atoms with Crippen molar-refractivity contribution >= 4 is 15.5 Å². The van der Waals surface area contributed by atoms with Crippen LogP contribution in [0, 0.1) is 0 Å². The summed E-state index contributed by atoms with van der Waals surface area (Å²) >= 11 is 0. The Balaban J connectivity index is 2.89. The average Bonchev–Trinajstić information content (AvgIpc) is 2.26. The van der Waals surface area contributed by atoms with E-state index in [2.05, 4.69) is 0 Å². The normalized spacial score (nSPS) is 13.6. The fourth-order valence-electron chi connectivity index (χ4n) is 1.42. The lowest BCUT2D eigenvalue weighted by Crippen LogP contribution is -2.18. The van der Waals surface area contributed by atoms with Crippen LogP contribution in [0.3, 0.4) is 0 Å². The van der Waals surface area contributed by atoms with E-state index in [0.29, 0.717) is 18.5 Å². The zero-order valence-corrected chi connectivity index (χ0v) is 10.1. The third kappa shape index (κ3) is 2.96. The van der Waals surface area contributed by atoms with E-state index in [0.717, 1.165) is 0 Å². The lowest BCUT2D eigenvalue weighted by Gasteiger charge is -2.12. The molecule has 0 fully saturated rings. The first-order valence-corrected chi connectivity index (χ1v) is 6.73. The number of aliphatic hydroxyl groups is 1. The van der Waals surface area contributed by atoms with Gasteiger partial charge < -0.3 is 10.8 Å². The van der Waals surface area contributed by atoms with Crippen molar-refractivity contribution in [1.82, 2.24) is 0 Å². The van der Waals surface area contributed by atoms with Crippen LogP contribution in [0.4, 0.5) is 5.69 Å². The maximum Gasteiger partial charge on any atom is 0.180 e. The van der Waals surface area contributed by atoms with Crippen molar-refractivity contribution in [3.63, 3.8) is 0 Å².